The van der Waals surface area contributed by atoms with Gasteiger partial charge in [-0.15, -0.1) is 0 Å². The summed E-state index contributed by atoms with van der Waals surface area (Å²) in [5.74, 6) is -8.54. The molecular formula is C67H98Cl2F3N11O11. The van der Waals surface area contributed by atoms with Gasteiger partial charge in [-0.05, 0) is 111 Å². The fourth-order valence-corrected chi connectivity index (χ4v) is 13.1. The summed E-state index contributed by atoms with van der Waals surface area (Å²) in [5.41, 5.74) is -1.79. The summed E-state index contributed by atoms with van der Waals surface area (Å²) in [6, 6.07) is 0.286. The van der Waals surface area contributed by atoms with Crippen molar-refractivity contribution in [1.29, 1.82) is 0 Å². The zero-order valence-electron chi connectivity index (χ0n) is 57.1. The molecule has 94 heavy (non-hydrogen) atoms. The maximum Gasteiger partial charge on any atom is 0.417 e. The molecule has 3 aliphatic rings. The number of nitrogens with zero attached hydrogens (tertiary/aromatic N) is 7. The Hall–Kier alpha value is -7.02. The van der Waals surface area contributed by atoms with Gasteiger partial charge < -0.3 is 55.6 Å². The third kappa shape index (κ3) is 19.8. The topological polar surface area (TPSA) is 259 Å². The number of rotatable bonds is 12. The number of fused-ring (bicyclic) bond motifs is 1. The number of benzene rings is 2. The zero-order valence-corrected chi connectivity index (χ0v) is 58.6. The van der Waals surface area contributed by atoms with Gasteiger partial charge >= 0.3 is 6.18 Å². The molecular weight excluding hydrogens is 1260 g/mol. The van der Waals surface area contributed by atoms with Crippen LogP contribution in [-0.2, 0) is 71.8 Å². The number of carbonyl (C=O) groups excluding carboxylic acids is 11. The van der Waals surface area contributed by atoms with Crippen molar-refractivity contribution in [3.05, 3.63) is 69.2 Å². The van der Waals surface area contributed by atoms with E-state index in [4.69, 9.17) is 23.2 Å². The molecule has 1 spiro atoms. The third-order valence-electron chi connectivity index (χ3n) is 18.5. The Bertz CT molecular complexity index is 3070. The van der Waals surface area contributed by atoms with Gasteiger partial charge in [0, 0.05) is 72.7 Å². The van der Waals surface area contributed by atoms with E-state index in [2.05, 4.69) is 21.3 Å². The fourth-order valence-electron chi connectivity index (χ4n) is 12.6. The van der Waals surface area contributed by atoms with E-state index in [1.54, 1.807) is 52.0 Å². The highest BCUT2D eigenvalue weighted by Gasteiger charge is 2.49. The van der Waals surface area contributed by atoms with E-state index in [1.165, 1.54) is 68.0 Å². The van der Waals surface area contributed by atoms with Crippen LogP contribution in [0.5, 0.6) is 0 Å². The number of hydrogen-bond donors (Lipinski definition) is 4. The summed E-state index contributed by atoms with van der Waals surface area (Å²) in [6.45, 7) is 15.0. The van der Waals surface area contributed by atoms with Crippen molar-refractivity contribution < 1.29 is 65.9 Å². The van der Waals surface area contributed by atoms with Gasteiger partial charge in [-0.3, -0.25) is 52.7 Å². The molecule has 11 amide bonds. The molecule has 1 saturated carbocycles. The van der Waals surface area contributed by atoms with Gasteiger partial charge in [-0.2, -0.15) is 13.2 Å². The first-order valence-corrected chi connectivity index (χ1v) is 33.3. The summed E-state index contributed by atoms with van der Waals surface area (Å²) in [4.78, 5) is 170. The molecule has 9 atom stereocenters. The van der Waals surface area contributed by atoms with Crippen LogP contribution in [0.4, 0.5) is 13.2 Å². The van der Waals surface area contributed by atoms with E-state index in [9.17, 15) is 51.5 Å². The molecule has 0 radical (unpaired) electrons. The van der Waals surface area contributed by atoms with Gasteiger partial charge in [0.25, 0.3) is 0 Å². The Morgan fingerprint density at radius 2 is 1.19 bits per heavy atom. The summed E-state index contributed by atoms with van der Waals surface area (Å²) < 4.78 is 41.5. The van der Waals surface area contributed by atoms with Gasteiger partial charge in [0.05, 0.1) is 23.7 Å². The molecule has 0 aromatic heterocycles. The minimum absolute atomic E-state index is 0.0523. The normalized spacial score (nSPS) is 25.2. The van der Waals surface area contributed by atoms with Crippen molar-refractivity contribution in [3.8, 4) is 0 Å². The minimum atomic E-state index is -4.77. The Kier molecular flexibility index (Phi) is 27.8. The van der Waals surface area contributed by atoms with Crippen LogP contribution in [0.15, 0.2) is 42.5 Å². The number of halogens is 5. The van der Waals surface area contributed by atoms with Gasteiger partial charge in [0.15, 0.2) is 0 Å². The van der Waals surface area contributed by atoms with Crippen LogP contribution in [0, 0.1) is 23.7 Å². The van der Waals surface area contributed by atoms with Crippen LogP contribution in [-0.4, -0.2) is 215 Å². The van der Waals surface area contributed by atoms with E-state index in [0.717, 1.165) is 26.8 Å². The summed E-state index contributed by atoms with van der Waals surface area (Å²) in [6.07, 6.45) is -3.24. The van der Waals surface area contributed by atoms with E-state index >= 15 is 14.4 Å². The summed E-state index contributed by atoms with van der Waals surface area (Å²) in [7, 11) is 8.40. The van der Waals surface area contributed by atoms with Crippen LogP contribution >= 0.6 is 23.2 Å². The molecule has 522 valence electrons. The van der Waals surface area contributed by atoms with Gasteiger partial charge in [-0.1, -0.05) is 116 Å². The molecule has 4 N–H and O–H groups in total. The lowest BCUT2D eigenvalue weighted by Gasteiger charge is -2.43. The number of nitrogens with one attached hydrogen (secondary N) is 4. The van der Waals surface area contributed by atoms with Crippen molar-refractivity contribution in [3.63, 3.8) is 0 Å². The third-order valence-corrected chi connectivity index (χ3v) is 19.0. The van der Waals surface area contributed by atoms with E-state index in [0.29, 0.717) is 29.8 Å². The number of amides is 11. The number of aryl methyl sites for hydroxylation is 1. The average molecular weight is 1360 g/mol. The zero-order chi connectivity index (χ0) is 70.6. The minimum Gasteiger partial charge on any atom is -0.351 e. The number of hydrogen-bond acceptors (Lipinski definition) is 11. The molecule has 2 heterocycles. The lowest BCUT2D eigenvalue weighted by Crippen LogP contribution is -2.64. The van der Waals surface area contributed by atoms with E-state index < -0.39 is 161 Å². The molecule has 2 aromatic carbocycles. The number of alkyl halides is 3. The molecule has 1 aliphatic carbocycles. The second-order valence-corrected chi connectivity index (χ2v) is 28.0. The molecule has 2 aromatic rings. The molecule has 5 rings (SSSR count). The molecule has 27 heteroatoms. The standard InChI is InChI=1S/C67H98Cl2F3N11O11/c1-16-41(8)56-64(93)78(11)37-55(86)83-30-27-49(83)63(92)80(13)52(35-44-19-23-45(68)24-20-44)62(91)77(10)36-53(84)74-48(26-22-43-21-25-46(47(69)34-43)67(70,71)72)61(90)79(12)51(32-39(4)5)59(88)76-66(28-17-18-29-66)65(94)81(14)50(31-38(2)3)58(87)73-42(9)33-54(85)82(15)57(40(6)7)60(89)75-56/h19-21,23-25,34,38-42,48-52,56-57H,16-18,22,26-33,35-37H2,1-15H3,(H,73,87)(H,74,84)(H,75,89)(H,76,88)/t41-,42+,48-,49-,50-,51-,52-,56-,57-/m0/s1. The SMILES string of the molecule is CC[C@H](C)[C@@H]1NC(=O)[C@H](C(C)C)N(C)C(=O)C[C@@H](C)NC(=O)[C@H](CC(C)C)N(C)C(=O)C2(CCCC2)NC(=O)[C@H](CC(C)C)N(C)C(=O)[C@H](CCc2ccc(C(F)(F)F)c(Cl)c2)NC(=O)CN(C)C(=O)[C@H](Cc2ccc(Cl)cc2)N(C)C(=O)[C@@H]2CCN2C(=O)CN(C)C1=O. The van der Waals surface area contributed by atoms with Gasteiger partial charge in [0.1, 0.15) is 47.8 Å². The fraction of sp³-hybridized carbons (Fsp3) is 0.657. The molecule has 3 fully saturated rings. The largest absolute Gasteiger partial charge is 0.417 e. The van der Waals surface area contributed by atoms with Crippen LogP contribution in [0.2, 0.25) is 10.0 Å². The number of carbonyl (C=O) groups is 11. The predicted molar refractivity (Wildman–Crippen MR) is 350 cm³/mol. The Morgan fingerprint density at radius 3 is 1.72 bits per heavy atom. The Labute approximate surface area is 561 Å². The van der Waals surface area contributed by atoms with Gasteiger partial charge in [-0.25, -0.2) is 0 Å². The number of likely N-dealkylation sites (N-methyl/N-ethyl adjacent to an activating group) is 6. The maximum atomic E-state index is 15.2. The second kappa shape index (κ2) is 33.6. The summed E-state index contributed by atoms with van der Waals surface area (Å²) in [5, 5.41) is 11.3. The molecule has 0 bridgehead atoms. The first-order valence-electron chi connectivity index (χ1n) is 32.5. The second-order valence-electron chi connectivity index (χ2n) is 27.2. The predicted octanol–water partition coefficient (Wildman–Crippen LogP) is 6.11. The van der Waals surface area contributed by atoms with Crippen molar-refractivity contribution in [2.45, 2.75) is 199 Å². The van der Waals surface area contributed by atoms with Crippen molar-refractivity contribution in [1.82, 2.24) is 55.6 Å². The van der Waals surface area contributed by atoms with Crippen molar-refractivity contribution >= 4 is 88.2 Å². The monoisotopic (exact) mass is 1360 g/mol. The molecule has 22 nitrogen and oxygen atoms in total. The lowest BCUT2D eigenvalue weighted by atomic mass is 9.91. The van der Waals surface area contributed by atoms with Crippen molar-refractivity contribution in [2.24, 2.45) is 23.7 Å². The Morgan fingerprint density at radius 1 is 0.628 bits per heavy atom. The highest BCUT2D eigenvalue weighted by Crippen LogP contribution is 2.36. The van der Waals surface area contributed by atoms with Crippen molar-refractivity contribution in [2.75, 3.05) is 61.9 Å². The van der Waals surface area contributed by atoms with Gasteiger partial charge in [0.2, 0.25) is 65.0 Å². The average Bonchev–Trinajstić information content (AvgIpc) is 1.23. The summed E-state index contributed by atoms with van der Waals surface area (Å²) >= 11 is 12.4. The highest BCUT2D eigenvalue weighted by atomic mass is 35.5. The van der Waals surface area contributed by atoms with E-state index in [-0.39, 0.29) is 81.7 Å². The molecule has 2 saturated heterocycles. The maximum absolute atomic E-state index is 15.2. The lowest BCUT2D eigenvalue weighted by molar-refractivity contribution is -0.157. The Balaban J connectivity index is 1.60. The first-order chi connectivity index (χ1) is 43.8. The highest BCUT2D eigenvalue weighted by molar-refractivity contribution is 6.31. The quantitative estimate of drug-likeness (QED) is 0.188. The smallest absolute Gasteiger partial charge is 0.351 e. The van der Waals surface area contributed by atoms with Crippen LogP contribution in [0.25, 0.3) is 0 Å². The first kappa shape index (κ1) is 77.7. The molecule has 2 aliphatic heterocycles. The molecule has 0 unspecified atom stereocenters. The van der Waals surface area contributed by atoms with E-state index in [1.807, 2.05) is 34.6 Å². The van der Waals surface area contributed by atoms with Crippen LogP contribution in [0.1, 0.15) is 143 Å². The van der Waals surface area contributed by atoms with Crippen LogP contribution < -0.4 is 21.3 Å². The van der Waals surface area contributed by atoms with Crippen LogP contribution in [0.3, 0.4) is 0 Å².